The van der Waals surface area contributed by atoms with E-state index in [1.54, 1.807) is 0 Å². The van der Waals surface area contributed by atoms with Crippen molar-refractivity contribution in [3.8, 4) is 0 Å². The minimum Gasteiger partial charge on any atom is -0.433 e. The molecule has 1 aromatic heterocycles. The number of fused-ring (bicyclic) bond motifs is 1. The van der Waals surface area contributed by atoms with Crippen molar-refractivity contribution in [1.29, 1.82) is 0 Å². The first-order valence-corrected chi connectivity index (χ1v) is 5.19. The number of hydrogen-bond acceptors (Lipinski definition) is 4. The van der Waals surface area contributed by atoms with Gasteiger partial charge in [0.15, 0.2) is 6.39 Å². The second kappa shape index (κ2) is 2.16. The summed E-state index contributed by atoms with van der Waals surface area (Å²) in [6.07, 6.45) is 2.65. The van der Waals surface area contributed by atoms with Crippen molar-refractivity contribution < 1.29 is 13.4 Å². The fraction of sp³-hybridized carbons (Fsp3) is 0.333. The number of amides is 1. The zero-order valence-corrected chi connectivity index (χ0v) is 7.13. The van der Waals surface area contributed by atoms with Gasteiger partial charge in [-0.3, -0.25) is 4.79 Å². The van der Waals surface area contributed by atoms with Crippen LogP contribution in [0.1, 0.15) is 5.69 Å². The Morgan fingerprint density at radius 2 is 2.42 bits per heavy atom. The molecule has 0 fully saturated rings. The molecule has 1 aliphatic rings. The molecule has 0 N–H and O–H groups in total. The zero-order valence-electron chi connectivity index (χ0n) is 6.31. The lowest BCUT2D eigenvalue weighted by molar-refractivity contribution is -0.117. The van der Waals surface area contributed by atoms with Crippen LogP contribution >= 0.6 is 0 Å². The van der Waals surface area contributed by atoms with Crippen LogP contribution in [0.5, 0.6) is 0 Å². The Labute approximate surface area is 69.0 Å². The van der Waals surface area contributed by atoms with Gasteiger partial charge in [-0.05, 0) is 0 Å². The van der Waals surface area contributed by atoms with Gasteiger partial charge in [0.25, 0.3) is 5.91 Å². The van der Waals surface area contributed by atoms with Crippen molar-refractivity contribution in [3.05, 3.63) is 12.1 Å². The Hall–Kier alpha value is -1.17. The number of carbonyl (C=O) groups excluding carboxylic acids is 1. The fourth-order valence-electron chi connectivity index (χ4n) is 1.10. The average molecular weight is 186 g/mol. The van der Waals surface area contributed by atoms with Gasteiger partial charge in [-0.25, -0.2) is 9.19 Å². The molecule has 0 spiro atoms. The summed E-state index contributed by atoms with van der Waals surface area (Å²) in [5, 5.41) is 0.238. The van der Waals surface area contributed by atoms with E-state index < -0.39 is 15.6 Å². The fourth-order valence-corrected chi connectivity index (χ4v) is 2.42. The first-order valence-electron chi connectivity index (χ1n) is 3.27. The van der Waals surface area contributed by atoms with E-state index in [0.29, 0.717) is 5.69 Å². The SMILES string of the molecule is CS1(=O)=NC(=O)Cc2ncoc21. The summed E-state index contributed by atoms with van der Waals surface area (Å²) in [5.41, 5.74) is 0.447. The summed E-state index contributed by atoms with van der Waals surface area (Å²) in [7, 11) is -2.65. The lowest BCUT2D eigenvalue weighted by atomic mass is 10.3. The van der Waals surface area contributed by atoms with Gasteiger partial charge in [-0.1, -0.05) is 0 Å². The van der Waals surface area contributed by atoms with E-state index in [9.17, 15) is 9.00 Å². The third kappa shape index (κ3) is 0.953. The van der Waals surface area contributed by atoms with E-state index >= 15 is 0 Å². The Morgan fingerprint density at radius 1 is 1.67 bits per heavy atom. The molecular formula is C6H6N2O3S. The van der Waals surface area contributed by atoms with Gasteiger partial charge in [0.05, 0.1) is 6.42 Å². The monoisotopic (exact) mass is 186 g/mol. The molecule has 1 aliphatic heterocycles. The largest absolute Gasteiger partial charge is 0.433 e. The van der Waals surface area contributed by atoms with Crippen LogP contribution in [-0.2, 0) is 20.9 Å². The van der Waals surface area contributed by atoms with E-state index in [2.05, 4.69) is 9.35 Å². The van der Waals surface area contributed by atoms with Crippen molar-refractivity contribution in [2.45, 2.75) is 11.5 Å². The van der Waals surface area contributed by atoms with E-state index in [1.165, 1.54) is 12.6 Å². The minimum absolute atomic E-state index is 0.0939. The van der Waals surface area contributed by atoms with E-state index in [4.69, 9.17) is 4.42 Å². The first kappa shape index (κ1) is 7.48. The molecular weight excluding hydrogens is 180 g/mol. The molecule has 1 amide bonds. The highest BCUT2D eigenvalue weighted by molar-refractivity contribution is 7.93. The van der Waals surface area contributed by atoms with Crippen LogP contribution in [0.2, 0.25) is 0 Å². The van der Waals surface area contributed by atoms with Crippen molar-refractivity contribution >= 4 is 15.6 Å². The van der Waals surface area contributed by atoms with Gasteiger partial charge >= 0.3 is 0 Å². The molecule has 0 saturated heterocycles. The summed E-state index contributed by atoms with van der Waals surface area (Å²) in [6.45, 7) is 0. The molecule has 6 heteroatoms. The summed E-state index contributed by atoms with van der Waals surface area (Å²) in [6, 6.07) is 0. The van der Waals surface area contributed by atoms with Crippen LogP contribution in [0.15, 0.2) is 20.3 Å². The summed E-state index contributed by atoms with van der Waals surface area (Å²) >= 11 is 0. The summed E-state index contributed by atoms with van der Waals surface area (Å²) < 4.78 is 19.9. The van der Waals surface area contributed by atoms with Gasteiger partial charge in [-0.15, -0.1) is 0 Å². The molecule has 0 radical (unpaired) electrons. The molecule has 2 heterocycles. The van der Waals surface area contributed by atoms with Gasteiger partial charge in [-0.2, -0.15) is 4.36 Å². The molecule has 5 nitrogen and oxygen atoms in total. The highest BCUT2D eigenvalue weighted by atomic mass is 32.2. The Bertz CT molecular complexity index is 453. The maximum absolute atomic E-state index is 11.6. The molecule has 1 aromatic rings. The van der Waals surface area contributed by atoms with Crippen LogP contribution in [0.4, 0.5) is 0 Å². The van der Waals surface area contributed by atoms with Gasteiger partial charge in [0, 0.05) is 6.26 Å². The second-order valence-corrected chi connectivity index (χ2v) is 4.71. The predicted molar refractivity (Wildman–Crippen MR) is 40.0 cm³/mol. The van der Waals surface area contributed by atoms with Gasteiger partial charge < -0.3 is 4.42 Å². The molecule has 12 heavy (non-hydrogen) atoms. The molecule has 0 aliphatic carbocycles. The quantitative estimate of drug-likeness (QED) is 0.580. The lowest BCUT2D eigenvalue weighted by Gasteiger charge is -2.05. The number of oxazole rings is 1. The number of aromatic nitrogens is 1. The maximum atomic E-state index is 11.6. The van der Waals surface area contributed by atoms with E-state index in [-0.39, 0.29) is 11.5 Å². The standard InChI is InChI=1S/C6H6N2O3S/c1-12(10)6-4(7-3-11-6)2-5(9)8-12/h3H,2H2,1H3. The van der Waals surface area contributed by atoms with Crippen molar-refractivity contribution in [3.63, 3.8) is 0 Å². The normalized spacial score (nSPS) is 27.9. The van der Waals surface area contributed by atoms with Crippen LogP contribution in [0.25, 0.3) is 0 Å². The van der Waals surface area contributed by atoms with Gasteiger partial charge in [0.1, 0.15) is 15.4 Å². The molecule has 1 unspecified atom stereocenters. The van der Waals surface area contributed by atoms with Crippen molar-refractivity contribution in [1.82, 2.24) is 4.98 Å². The van der Waals surface area contributed by atoms with Crippen LogP contribution < -0.4 is 0 Å². The Kier molecular flexibility index (Phi) is 1.35. The van der Waals surface area contributed by atoms with Crippen molar-refractivity contribution in [2.24, 2.45) is 4.36 Å². The molecule has 0 bridgehead atoms. The van der Waals surface area contributed by atoms with Gasteiger partial charge in [0.2, 0.25) is 5.09 Å². The molecule has 1 atom stereocenters. The summed E-state index contributed by atoms with van der Waals surface area (Å²) in [5.74, 6) is -0.399. The summed E-state index contributed by atoms with van der Waals surface area (Å²) in [4.78, 5) is 14.7. The predicted octanol–water partition coefficient (Wildman–Crippen LogP) is 0.214. The van der Waals surface area contributed by atoms with E-state index in [0.717, 1.165) is 0 Å². The minimum atomic E-state index is -2.65. The molecule has 0 aromatic carbocycles. The maximum Gasteiger partial charge on any atom is 0.260 e. The van der Waals surface area contributed by atoms with Crippen molar-refractivity contribution in [2.75, 3.05) is 6.26 Å². The topological polar surface area (TPSA) is 72.5 Å². The zero-order chi connectivity index (χ0) is 8.77. The van der Waals surface area contributed by atoms with Crippen LogP contribution in [0, 0.1) is 0 Å². The molecule has 64 valence electrons. The number of nitrogens with zero attached hydrogens (tertiary/aromatic N) is 2. The van der Waals surface area contributed by atoms with Crippen LogP contribution in [-0.4, -0.2) is 21.4 Å². The Balaban J connectivity index is 2.77. The second-order valence-electron chi connectivity index (χ2n) is 2.55. The number of hydrogen-bond donors (Lipinski definition) is 0. The highest BCUT2D eigenvalue weighted by Crippen LogP contribution is 2.21. The smallest absolute Gasteiger partial charge is 0.260 e. The Morgan fingerprint density at radius 3 is 3.17 bits per heavy atom. The lowest BCUT2D eigenvalue weighted by Crippen LogP contribution is -2.13. The average Bonchev–Trinajstić information content (AvgIpc) is 2.32. The molecule has 0 saturated carbocycles. The van der Waals surface area contributed by atoms with E-state index in [1.807, 2.05) is 0 Å². The number of carbonyl (C=O) groups is 1. The first-order chi connectivity index (χ1) is 5.59. The third-order valence-electron chi connectivity index (χ3n) is 1.54. The number of rotatable bonds is 0. The van der Waals surface area contributed by atoms with Crippen LogP contribution in [0.3, 0.4) is 0 Å². The molecule has 2 rings (SSSR count). The highest BCUT2D eigenvalue weighted by Gasteiger charge is 2.25. The third-order valence-corrected chi connectivity index (χ3v) is 3.11.